The average molecular weight is 248 g/mol. The third-order valence-electron chi connectivity index (χ3n) is 5.16. The molecule has 0 spiro atoms. The first-order chi connectivity index (χ1) is 8.56. The highest BCUT2D eigenvalue weighted by atomic mass is 19.1. The van der Waals surface area contributed by atoms with Crippen molar-refractivity contribution >= 4 is 5.97 Å². The molecule has 0 aliphatic heterocycles. The van der Waals surface area contributed by atoms with Crippen LogP contribution < -0.4 is 0 Å². The molecule has 0 atom stereocenters. The van der Waals surface area contributed by atoms with Gasteiger partial charge in [0.15, 0.2) is 0 Å². The van der Waals surface area contributed by atoms with Crippen molar-refractivity contribution in [3.8, 4) is 0 Å². The topological polar surface area (TPSA) is 37.3 Å². The predicted molar refractivity (Wildman–Crippen MR) is 65.8 cm³/mol. The Morgan fingerprint density at radius 2 is 1.50 bits per heavy atom. The molecule has 0 saturated heterocycles. The molecule has 1 aromatic carbocycles. The predicted octanol–water partition coefficient (Wildman–Crippen LogP) is 3.50. The Labute approximate surface area is 106 Å². The summed E-state index contributed by atoms with van der Waals surface area (Å²) in [6, 6.07) is 6.76. The van der Waals surface area contributed by atoms with Crippen LogP contribution in [0, 0.1) is 11.2 Å². The number of benzene rings is 1. The van der Waals surface area contributed by atoms with Crippen molar-refractivity contribution in [1.29, 1.82) is 0 Å². The van der Waals surface area contributed by atoms with Crippen LogP contribution in [0.4, 0.5) is 4.39 Å². The summed E-state index contributed by atoms with van der Waals surface area (Å²) in [5.41, 5.74) is 0.815. The molecule has 4 rings (SSSR count). The number of fused-ring (bicyclic) bond motifs is 3. The fraction of sp³-hybridized carbons (Fsp3) is 0.533. The van der Waals surface area contributed by atoms with E-state index in [1.54, 1.807) is 0 Å². The van der Waals surface area contributed by atoms with E-state index in [9.17, 15) is 14.3 Å². The van der Waals surface area contributed by atoms with Crippen LogP contribution in [0.1, 0.15) is 44.1 Å². The fourth-order valence-corrected chi connectivity index (χ4v) is 3.74. The minimum absolute atomic E-state index is 0.102. The van der Waals surface area contributed by atoms with Crippen molar-refractivity contribution < 1.29 is 14.3 Å². The molecule has 3 aliphatic carbocycles. The molecule has 0 unspecified atom stereocenters. The van der Waals surface area contributed by atoms with Crippen molar-refractivity contribution in [2.24, 2.45) is 5.41 Å². The third-order valence-corrected chi connectivity index (χ3v) is 5.16. The summed E-state index contributed by atoms with van der Waals surface area (Å²) in [4.78, 5) is 11.4. The maximum absolute atomic E-state index is 13.0. The molecule has 18 heavy (non-hydrogen) atoms. The van der Waals surface area contributed by atoms with Gasteiger partial charge in [-0.1, -0.05) is 12.1 Å². The zero-order valence-corrected chi connectivity index (χ0v) is 10.3. The van der Waals surface area contributed by atoms with E-state index in [2.05, 4.69) is 0 Å². The van der Waals surface area contributed by atoms with Crippen LogP contribution in [0.25, 0.3) is 0 Å². The second-order valence-electron chi connectivity index (χ2n) is 5.87. The highest BCUT2D eigenvalue weighted by molar-refractivity contribution is 5.75. The minimum atomic E-state index is -0.630. The highest BCUT2D eigenvalue weighted by Gasteiger charge is 2.52. The number of hydrogen-bond acceptors (Lipinski definition) is 1. The fourth-order valence-electron chi connectivity index (χ4n) is 3.74. The summed E-state index contributed by atoms with van der Waals surface area (Å²) in [5.74, 6) is -0.837. The summed E-state index contributed by atoms with van der Waals surface area (Å²) in [5, 5.41) is 9.35. The molecule has 3 aliphatic rings. The molecule has 96 valence electrons. The van der Waals surface area contributed by atoms with Gasteiger partial charge in [0.05, 0.1) is 5.41 Å². The first kappa shape index (κ1) is 11.7. The van der Waals surface area contributed by atoms with E-state index in [1.807, 2.05) is 12.1 Å². The number of aliphatic carboxylic acids is 1. The van der Waals surface area contributed by atoms with E-state index in [0.717, 1.165) is 38.5 Å². The molecule has 2 nitrogen and oxygen atoms in total. The molecule has 3 fully saturated rings. The summed E-state index contributed by atoms with van der Waals surface area (Å²) >= 11 is 0. The summed E-state index contributed by atoms with van der Waals surface area (Å²) in [7, 11) is 0. The lowest BCUT2D eigenvalue weighted by molar-refractivity contribution is -0.156. The lowest BCUT2D eigenvalue weighted by atomic mass is 9.52. The van der Waals surface area contributed by atoms with Crippen LogP contribution in [0.5, 0.6) is 0 Å². The van der Waals surface area contributed by atoms with Gasteiger partial charge in [0, 0.05) is 0 Å². The van der Waals surface area contributed by atoms with Crippen LogP contribution in [0.2, 0.25) is 0 Å². The second-order valence-corrected chi connectivity index (χ2v) is 5.87. The lowest BCUT2D eigenvalue weighted by Gasteiger charge is -2.51. The molecule has 0 radical (unpaired) electrons. The number of carboxylic acid groups (broad SMARTS) is 1. The summed E-state index contributed by atoms with van der Waals surface area (Å²) in [6.45, 7) is 0. The molecular weight excluding hydrogens is 231 g/mol. The Bertz CT molecular complexity index is 453. The smallest absolute Gasteiger partial charge is 0.309 e. The number of hydrogen-bond donors (Lipinski definition) is 1. The second kappa shape index (κ2) is 3.81. The van der Waals surface area contributed by atoms with Crippen LogP contribution in [-0.4, -0.2) is 11.1 Å². The van der Waals surface area contributed by atoms with Crippen molar-refractivity contribution in [1.82, 2.24) is 0 Å². The number of halogens is 1. The van der Waals surface area contributed by atoms with E-state index < -0.39 is 11.4 Å². The van der Waals surface area contributed by atoms with Crippen molar-refractivity contribution in [2.75, 3.05) is 0 Å². The molecular formula is C15H17FO2. The molecule has 1 aromatic rings. The average Bonchev–Trinajstić information content (AvgIpc) is 2.41. The molecule has 0 aromatic heterocycles. The molecule has 3 saturated carbocycles. The molecule has 0 amide bonds. The third kappa shape index (κ3) is 1.57. The van der Waals surface area contributed by atoms with Crippen molar-refractivity contribution in [3.63, 3.8) is 0 Å². The van der Waals surface area contributed by atoms with Gasteiger partial charge in [0.2, 0.25) is 0 Å². The van der Waals surface area contributed by atoms with E-state index >= 15 is 0 Å². The molecule has 1 N–H and O–H groups in total. The van der Waals surface area contributed by atoms with Crippen LogP contribution in [-0.2, 0) is 10.2 Å². The standard InChI is InChI=1S/C15H17FO2/c16-12-3-1-11(2-4-12)14-5-8-15(9-6-14,10-7-14)13(17)18/h1-4H,5-10H2,(H,17,18). The van der Waals surface area contributed by atoms with Crippen LogP contribution in [0.15, 0.2) is 24.3 Å². The zero-order chi connectivity index (χ0) is 12.8. The van der Waals surface area contributed by atoms with E-state index in [-0.39, 0.29) is 11.2 Å². The van der Waals surface area contributed by atoms with Crippen LogP contribution in [0.3, 0.4) is 0 Å². The number of rotatable bonds is 2. The van der Waals surface area contributed by atoms with Crippen molar-refractivity contribution in [2.45, 2.75) is 43.9 Å². The SMILES string of the molecule is O=C(O)C12CCC(c3ccc(F)cc3)(CC1)CC2. The molecule has 3 heteroatoms. The largest absolute Gasteiger partial charge is 0.481 e. The number of carbonyl (C=O) groups is 1. The summed E-state index contributed by atoms with van der Waals surface area (Å²) in [6.07, 6.45) is 5.06. The Balaban J connectivity index is 1.88. The first-order valence-corrected chi connectivity index (χ1v) is 6.56. The van der Waals surface area contributed by atoms with Crippen LogP contribution >= 0.6 is 0 Å². The highest BCUT2D eigenvalue weighted by Crippen LogP contribution is 2.57. The maximum atomic E-state index is 13.0. The van der Waals surface area contributed by atoms with Crippen molar-refractivity contribution in [3.05, 3.63) is 35.6 Å². The Morgan fingerprint density at radius 1 is 1.00 bits per heavy atom. The van der Waals surface area contributed by atoms with Gasteiger partial charge in [-0.15, -0.1) is 0 Å². The normalized spacial score (nSPS) is 34.5. The van der Waals surface area contributed by atoms with Gasteiger partial charge < -0.3 is 5.11 Å². The van der Waals surface area contributed by atoms with Gasteiger partial charge in [-0.05, 0) is 61.6 Å². The van der Waals surface area contributed by atoms with Gasteiger partial charge in [0.1, 0.15) is 5.82 Å². The van der Waals surface area contributed by atoms with Gasteiger partial charge in [-0.25, -0.2) is 4.39 Å². The van der Waals surface area contributed by atoms with Gasteiger partial charge in [-0.2, -0.15) is 0 Å². The Kier molecular flexibility index (Phi) is 2.47. The van der Waals surface area contributed by atoms with E-state index in [4.69, 9.17) is 0 Å². The summed E-state index contributed by atoms with van der Waals surface area (Å²) < 4.78 is 13.0. The quantitative estimate of drug-likeness (QED) is 0.869. The number of carboxylic acids is 1. The monoisotopic (exact) mass is 248 g/mol. The first-order valence-electron chi connectivity index (χ1n) is 6.56. The van der Waals surface area contributed by atoms with E-state index in [0.29, 0.717) is 0 Å². The maximum Gasteiger partial charge on any atom is 0.309 e. The van der Waals surface area contributed by atoms with E-state index in [1.165, 1.54) is 17.7 Å². The lowest BCUT2D eigenvalue weighted by Crippen LogP contribution is -2.47. The minimum Gasteiger partial charge on any atom is -0.481 e. The molecule has 0 heterocycles. The zero-order valence-electron chi connectivity index (χ0n) is 10.3. The van der Waals surface area contributed by atoms with Gasteiger partial charge in [-0.3, -0.25) is 4.79 Å². The Hall–Kier alpha value is -1.38. The Morgan fingerprint density at radius 3 is 1.94 bits per heavy atom. The van der Waals surface area contributed by atoms with Gasteiger partial charge in [0.25, 0.3) is 0 Å². The molecule has 2 bridgehead atoms. The van der Waals surface area contributed by atoms with Gasteiger partial charge >= 0.3 is 5.97 Å².